The van der Waals surface area contributed by atoms with Gasteiger partial charge in [-0.3, -0.25) is 0 Å². The summed E-state index contributed by atoms with van der Waals surface area (Å²) in [6.07, 6.45) is 3.69. The standard InChI is InChI=1S/C33H33N5O/c1-4-24-12-9-10-15-29(24)34-33(39)37-22-27-28(5-2)35-38(26-13-7-6-8-14-26)32(27)36-21-11-16-30(36)31(37)25-19-17-23(3)18-20-25/h6-21,31H,4-5,22H2,1-3H3,(H,34,39)/t31-/m1/s1. The normalized spacial score (nSPS) is 14.4. The van der Waals surface area contributed by atoms with Crippen LogP contribution in [0.25, 0.3) is 11.5 Å². The summed E-state index contributed by atoms with van der Waals surface area (Å²) in [5.41, 5.74) is 8.29. The number of urea groups is 1. The summed E-state index contributed by atoms with van der Waals surface area (Å²) in [6.45, 7) is 6.75. The van der Waals surface area contributed by atoms with E-state index in [1.165, 1.54) is 5.56 Å². The van der Waals surface area contributed by atoms with Gasteiger partial charge in [-0.1, -0.05) is 80.1 Å². The van der Waals surface area contributed by atoms with Crippen molar-refractivity contribution in [2.75, 3.05) is 5.32 Å². The van der Waals surface area contributed by atoms with Crippen LogP contribution in [0.4, 0.5) is 10.5 Å². The number of hydrogen-bond acceptors (Lipinski definition) is 2. The number of anilines is 1. The molecule has 3 aromatic carbocycles. The average molecular weight is 516 g/mol. The van der Waals surface area contributed by atoms with Crippen molar-refractivity contribution in [3.8, 4) is 11.5 Å². The van der Waals surface area contributed by atoms with Crippen LogP contribution in [0.1, 0.15) is 53.5 Å². The minimum Gasteiger partial charge on any atom is -0.308 e. The summed E-state index contributed by atoms with van der Waals surface area (Å²) < 4.78 is 4.24. The van der Waals surface area contributed by atoms with E-state index in [0.29, 0.717) is 6.54 Å². The van der Waals surface area contributed by atoms with Crippen molar-refractivity contribution in [3.05, 3.63) is 131 Å². The topological polar surface area (TPSA) is 55.1 Å². The number of fused-ring (bicyclic) bond motifs is 3. The van der Waals surface area contributed by atoms with Gasteiger partial charge in [0.25, 0.3) is 0 Å². The van der Waals surface area contributed by atoms with Gasteiger partial charge in [0.1, 0.15) is 5.82 Å². The van der Waals surface area contributed by atoms with E-state index in [4.69, 9.17) is 5.10 Å². The van der Waals surface area contributed by atoms with Crippen molar-refractivity contribution in [1.29, 1.82) is 0 Å². The third-order valence-corrected chi connectivity index (χ3v) is 7.60. The summed E-state index contributed by atoms with van der Waals surface area (Å²) in [6, 6.07) is 30.5. The van der Waals surface area contributed by atoms with Crippen molar-refractivity contribution in [2.45, 2.75) is 46.2 Å². The minimum absolute atomic E-state index is 0.128. The van der Waals surface area contributed by atoms with Crippen LogP contribution in [0.3, 0.4) is 0 Å². The molecule has 0 unspecified atom stereocenters. The molecular formula is C33H33N5O. The summed E-state index contributed by atoms with van der Waals surface area (Å²) in [5.74, 6) is 0.986. The van der Waals surface area contributed by atoms with Crippen LogP contribution in [-0.4, -0.2) is 25.3 Å². The van der Waals surface area contributed by atoms with E-state index in [1.807, 2.05) is 46.0 Å². The van der Waals surface area contributed by atoms with Gasteiger partial charge in [0, 0.05) is 17.4 Å². The first-order chi connectivity index (χ1) is 19.1. The van der Waals surface area contributed by atoms with Crippen molar-refractivity contribution >= 4 is 11.7 Å². The Labute approximate surface area is 229 Å². The number of rotatable bonds is 5. The summed E-state index contributed by atoms with van der Waals surface area (Å²) in [5, 5.41) is 8.30. The van der Waals surface area contributed by atoms with Crippen LogP contribution in [-0.2, 0) is 19.4 Å². The molecule has 39 heavy (non-hydrogen) atoms. The number of para-hydroxylation sites is 2. The van der Waals surface area contributed by atoms with E-state index in [1.54, 1.807) is 0 Å². The first-order valence-corrected chi connectivity index (χ1v) is 13.6. The Kier molecular flexibility index (Phi) is 6.53. The van der Waals surface area contributed by atoms with E-state index >= 15 is 0 Å². The number of amides is 2. The highest BCUT2D eigenvalue weighted by atomic mass is 16.2. The number of carbonyl (C=O) groups excluding carboxylic acids is 1. The van der Waals surface area contributed by atoms with Gasteiger partial charge in [-0.2, -0.15) is 5.10 Å². The Bertz CT molecular complexity index is 1610. The highest BCUT2D eigenvalue weighted by Crippen LogP contribution is 2.39. The maximum atomic E-state index is 14.2. The second-order valence-corrected chi connectivity index (χ2v) is 10.0. The van der Waals surface area contributed by atoms with Crippen LogP contribution in [0.2, 0.25) is 0 Å². The monoisotopic (exact) mass is 515 g/mol. The number of aromatic nitrogens is 3. The van der Waals surface area contributed by atoms with E-state index in [9.17, 15) is 4.79 Å². The van der Waals surface area contributed by atoms with Crippen LogP contribution in [0.5, 0.6) is 0 Å². The summed E-state index contributed by atoms with van der Waals surface area (Å²) >= 11 is 0. The second kappa shape index (κ2) is 10.3. The summed E-state index contributed by atoms with van der Waals surface area (Å²) in [7, 11) is 0. The molecule has 1 atom stereocenters. The number of nitrogens with zero attached hydrogens (tertiary/aromatic N) is 4. The van der Waals surface area contributed by atoms with Crippen LogP contribution < -0.4 is 5.32 Å². The first-order valence-electron chi connectivity index (χ1n) is 13.6. The smallest absolute Gasteiger partial charge is 0.308 e. The maximum Gasteiger partial charge on any atom is 0.322 e. The van der Waals surface area contributed by atoms with Gasteiger partial charge in [-0.25, -0.2) is 9.48 Å². The molecular weight excluding hydrogens is 482 g/mol. The first kappa shape index (κ1) is 24.7. The molecule has 6 rings (SSSR count). The Morgan fingerprint density at radius 3 is 2.38 bits per heavy atom. The molecule has 1 aliphatic rings. The molecule has 5 aromatic rings. The van der Waals surface area contributed by atoms with Gasteiger partial charge in [0.2, 0.25) is 0 Å². The molecule has 0 bridgehead atoms. The third kappa shape index (κ3) is 4.42. The fourth-order valence-electron chi connectivity index (χ4n) is 5.59. The zero-order valence-corrected chi connectivity index (χ0v) is 22.6. The number of benzene rings is 3. The lowest BCUT2D eigenvalue weighted by atomic mass is 10.0. The van der Waals surface area contributed by atoms with Gasteiger partial charge < -0.3 is 14.8 Å². The minimum atomic E-state index is -0.282. The van der Waals surface area contributed by atoms with E-state index in [-0.39, 0.29) is 12.1 Å². The predicted molar refractivity (Wildman–Crippen MR) is 156 cm³/mol. The maximum absolute atomic E-state index is 14.2. The van der Waals surface area contributed by atoms with E-state index < -0.39 is 0 Å². The number of hydrogen-bond donors (Lipinski definition) is 1. The third-order valence-electron chi connectivity index (χ3n) is 7.60. The average Bonchev–Trinajstić information content (AvgIpc) is 3.55. The van der Waals surface area contributed by atoms with Crippen LogP contribution in [0.15, 0.2) is 97.2 Å². The highest BCUT2D eigenvalue weighted by Gasteiger charge is 2.36. The Morgan fingerprint density at radius 2 is 1.64 bits per heavy atom. The van der Waals surface area contributed by atoms with Crippen molar-refractivity contribution in [2.24, 2.45) is 0 Å². The molecule has 0 aliphatic carbocycles. The second-order valence-electron chi connectivity index (χ2n) is 10.0. The Morgan fingerprint density at radius 1 is 0.897 bits per heavy atom. The zero-order valence-electron chi connectivity index (χ0n) is 22.6. The largest absolute Gasteiger partial charge is 0.322 e. The van der Waals surface area contributed by atoms with Gasteiger partial charge in [0.05, 0.1) is 29.7 Å². The lowest BCUT2D eigenvalue weighted by molar-refractivity contribution is 0.194. The Hall–Kier alpha value is -4.58. The SMILES string of the molecule is CCc1ccccc1NC(=O)N1Cc2c(CC)nn(-c3ccccc3)c2-n2cccc2[C@H]1c1ccc(C)cc1. The van der Waals surface area contributed by atoms with Gasteiger partial charge in [0.15, 0.2) is 0 Å². The van der Waals surface area contributed by atoms with Gasteiger partial charge in [-0.15, -0.1) is 0 Å². The van der Waals surface area contributed by atoms with Crippen LogP contribution >= 0.6 is 0 Å². The quantitative estimate of drug-likeness (QED) is 0.268. The van der Waals surface area contributed by atoms with Gasteiger partial charge >= 0.3 is 6.03 Å². The molecule has 3 heterocycles. The lowest BCUT2D eigenvalue weighted by Gasteiger charge is -2.31. The molecule has 0 saturated carbocycles. The molecule has 0 radical (unpaired) electrons. The molecule has 1 aliphatic heterocycles. The molecule has 0 saturated heterocycles. The fourth-order valence-corrected chi connectivity index (χ4v) is 5.59. The molecule has 2 aromatic heterocycles. The zero-order chi connectivity index (χ0) is 26.9. The number of aryl methyl sites for hydroxylation is 3. The Balaban J connectivity index is 1.55. The molecule has 1 N–H and O–H groups in total. The fraction of sp³-hybridized carbons (Fsp3) is 0.212. The molecule has 196 valence electrons. The van der Waals surface area contributed by atoms with Crippen LogP contribution in [0, 0.1) is 6.92 Å². The molecule has 6 nitrogen and oxygen atoms in total. The van der Waals surface area contributed by atoms with E-state index in [2.05, 4.69) is 91.4 Å². The molecule has 0 fully saturated rings. The van der Waals surface area contributed by atoms with Gasteiger partial charge in [-0.05, 0) is 61.2 Å². The van der Waals surface area contributed by atoms with E-state index in [0.717, 1.165) is 58.1 Å². The molecule has 6 heteroatoms. The van der Waals surface area contributed by atoms with Crippen molar-refractivity contribution in [1.82, 2.24) is 19.2 Å². The predicted octanol–water partition coefficient (Wildman–Crippen LogP) is 7.23. The number of carbonyl (C=O) groups is 1. The molecule has 2 amide bonds. The lowest BCUT2D eigenvalue weighted by Crippen LogP contribution is -2.38. The van der Waals surface area contributed by atoms with Crippen molar-refractivity contribution in [3.63, 3.8) is 0 Å². The highest BCUT2D eigenvalue weighted by molar-refractivity contribution is 5.91. The number of nitrogens with one attached hydrogen (secondary N) is 1. The van der Waals surface area contributed by atoms with Crippen molar-refractivity contribution < 1.29 is 4.79 Å². The molecule has 0 spiro atoms. The summed E-state index contributed by atoms with van der Waals surface area (Å²) in [4.78, 5) is 16.2.